The Morgan fingerprint density at radius 1 is 1.24 bits per heavy atom. The molecule has 0 bridgehead atoms. The van der Waals surface area contributed by atoms with E-state index in [0.717, 1.165) is 12.0 Å². The molecule has 0 saturated heterocycles. The van der Waals surface area contributed by atoms with Crippen LogP contribution in [0.2, 0.25) is 0 Å². The maximum absolute atomic E-state index is 12.5. The molecule has 0 spiro atoms. The van der Waals surface area contributed by atoms with Gasteiger partial charge in [-0.1, -0.05) is 39.0 Å². The van der Waals surface area contributed by atoms with E-state index in [2.05, 4.69) is 26.1 Å². The standard InChI is InChI=1S/C14H21F2N/c1-4-13(10(2)3)17-9-11-6-5-7-12(8-11)14(15)16/h5-8,10,13-14,17H,4,9H2,1-3H3. The highest BCUT2D eigenvalue weighted by Gasteiger charge is 2.11. The molecule has 0 aliphatic heterocycles. The van der Waals surface area contributed by atoms with Gasteiger partial charge in [-0.15, -0.1) is 0 Å². The second-order valence-electron chi connectivity index (χ2n) is 4.69. The Kier molecular flexibility index (Phi) is 5.56. The minimum atomic E-state index is -2.39. The number of hydrogen-bond donors (Lipinski definition) is 1. The lowest BCUT2D eigenvalue weighted by atomic mass is 10.0. The van der Waals surface area contributed by atoms with Gasteiger partial charge in [0.2, 0.25) is 0 Å². The third-order valence-electron chi connectivity index (χ3n) is 3.02. The fraction of sp³-hybridized carbons (Fsp3) is 0.571. The van der Waals surface area contributed by atoms with E-state index < -0.39 is 6.43 Å². The van der Waals surface area contributed by atoms with Crippen molar-refractivity contribution in [3.63, 3.8) is 0 Å². The first-order valence-corrected chi connectivity index (χ1v) is 6.15. The van der Waals surface area contributed by atoms with Crippen LogP contribution < -0.4 is 5.32 Å². The molecule has 0 amide bonds. The van der Waals surface area contributed by atoms with Crippen molar-refractivity contribution in [2.75, 3.05) is 0 Å². The largest absolute Gasteiger partial charge is 0.310 e. The monoisotopic (exact) mass is 241 g/mol. The van der Waals surface area contributed by atoms with Crippen molar-refractivity contribution in [1.82, 2.24) is 5.32 Å². The van der Waals surface area contributed by atoms with Crippen LogP contribution in [-0.4, -0.2) is 6.04 Å². The van der Waals surface area contributed by atoms with Crippen LogP contribution in [0.15, 0.2) is 24.3 Å². The topological polar surface area (TPSA) is 12.0 Å². The zero-order valence-electron chi connectivity index (χ0n) is 10.7. The molecule has 0 aromatic heterocycles. The Morgan fingerprint density at radius 2 is 1.94 bits per heavy atom. The first-order valence-electron chi connectivity index (χ1n) is 6.15. The van der Waals surface area contributed by atoms with Gasteiger partial charge in [0.05, 0.1) is 0 Å². The molecule has 1 unspecified atom stereocenters. The van der Waals surface area contributed by atoms with E-state index in [-0.39, 0.29) is 5.56 Å². The lowest BCUT2D eigenvalue weighted by molar-refractivity contribution is 0.151. The first-order chi connectivity index (χ1) is 8.04. The number of nitrogens with one attached hydrogen (secondary N) is 1. The van der Waals surface area contributed by atoms with E-state index in [1.54, 1.807) is 12.1 Å². The number of hydrogen-bond acceptors (Lipinski definition) is 1. The van der Waals surface area contributed by atoms with Crippen LogP contribution in [0, 0.1) is 5.92 Å². The predicted octanol–water partition coefficient (Wildman–Crippen LogP) is 4.15. The van der Waals surface area contributed by atoms with Crippen molar-refractivity contribution in [2.24, 2.45) is 5.92 Å². The smallest absolute Gasteiger partial charge is 0.263 e. The van der Waals surface area contributed by atoms with E-state index in [1.165, 1.54) is 6.07 Å². The van der Waals surface area contributed by atoms with Crippen molar-refractivity contribution in [3.05, 3.63) is 35.4 Å². The van der Waals surface area contributed by atoms with Gasteiger partial charge in [-0.05, 0) is 24.0 Å². The van der Waals surface area contributed by atoms with Gasteiger partial charge in [-0.2, -0.15) is 0 Å². The molecule has 1 N–H and O–H groups in total. The summed E-state index contributed by atoms with van der Waals surface area (Å²) in [6, 6.07) is 7.05. The molecule has 0 aliphatic carbocycles. The number of benzene rings is 1. The Hall–Kier alpha value is -0.960. The fourth-order valence-corrected chi connectivity index (χ4v) is 1.94. The average molecular weight is 241 g/mol. The first kappa shape index (κ1) is 14.1. The third-order valence-corrected chi connectivity index (χ3v) is 3.02. The molecule has 3 heteroatoms. The molecule has 1 aromatic carbocycles. The summed E-state index contributed by atoms with van der Waals surface area (Å²) in [5, 5.41) is 3.41. The van der Waals surface area contributed by atoms with Crippen molar-refractivity contribution in [2.45, 2.75) is 46.2 Å². The second kappa shape index (κ2) is 6.70. The van der Waals surface area contributed by atoms with E-state index in [9.17, 15) is 8.78 Å². The van der Waals surface area contributed by atoms with E-state index in [1.807, 2.05) is 6.07 Å². The summed E-state index contributed by atoms with van der Waals surface area (Å²) in [5.74, 6) is 0.554. The van der Waals surface area contributed by atoms with E-state index in [4.69, 9.17) is 0 Å². The van der Waals surface area contributed by atoms with Crippen molar-refractivity contribution in [3.8, 4) is 0 Å². The highest BCUT2D eigenvalue weighted by atomic mass is 19.3. The lowest BCUT2D eigenvalue weighted by Crippen LogP contribution is -2.32. The van der Waals surface area contributed by atoms with E-state index >= 15 is 0 Å². The fourth-order valence-electron chi connectivity index (χ4n) is 1.94. The quantitative estimate of drug-likeness (QED) is 0.789. The lowest BCUT2D eigenvalue weighted by Gasteiger charge is -2.20. The molecule has 17 heavy (non-hydrogen) atoms. The minimum Gasteiger partial charge on any atom is -0.310 e. The van der Waals surface area contributed by atoms with Crippen LogP contribution >= 0.6 is 0 Å². The molecule has 0 saturated carbocycles. The van der Waals surface area contributed by atoms with Gasteiger partial charge in [0.1, 0.15) is 0 Å². The second-order valence-corrected chi connectivity index (χ2v) is 4.69. The number of rotatable bonds is 6. The van der Waals surface area contributed by atoms with Crippen molar-refractivity contribution in [1.29, 1.82) is 0 Å². The number of alkyl halides is 2. The van der Waals surface area contributed by atoms with Crippen molar-refractivity contribution < 1.29 is 8.78 Å². The highest BCUT2D eigenvalue weighted by Crippen LogP contribution is 2.19. The van der Waals surface area contributed by atoms with Crippen LogP contribution in [0.25, 0.3) is 0 Å². The molecule has 0 fully saturated rings. The molecule has 1 aromatic rings. The van der Waals surface area contributed by atoms with Gasteiger partial charge in [0.15, 0.2) is 0 Å². The molecule has 96 valence electrons. The molecule has 1 atom stereocenters. The van der Waals surface area contributed by atoms with Gasteiger partial charge in [-0.3, -0.25) is 0 Å². The molecule has 1 nitrogen and oxygen atoms in total. The van der Waals surface area contributed by atoms with Gasteiger partial charge < -0.3 is 5.32 Å². The molecule has 0 aliphatic rings. The third kappa shape index (κ3) is 4.43. The van der Waals surface area contributed by atoms with Crippen LogP contribution in [0.5, 0.6) is 0 Å². The average Bonchev–Trinajstić information content (AvgIpc) is 2.29. The Labute approximate surface area is 102 Å². The molecule has 1 rings (SSSR count). The van der Waals surface area contributed by atoms with Gasteiger partial charge >= 0.3 is 0 Å². The molecule has 0 radical (unpaired) electrons. The Bertz CT molecular complexity index is 337. The van der Waals surface area contributed by atoms with Crippen LogP contribution in [0.4, 0.5) is 8.78 Å². The summed E-state index contributed by atoms with van der Waals surface area (Å²) in [7, 11) is 0. The zero-order chi connectivity index (χ0) is 12.8. The summed E-state index contributed by atoms with van der Waals surface area (Å²) in [5.41, 5.74) is 1.02. The summed E-state index contributed by atoms with van der Waals surface area (Å²) in [6.07, 6.45) is -1.34. The SMILES string of the molecule is CCC(NCc1cccc(C(F)F)c1)C(C)C. The van der Waals surface area contributed by atoms with Crippen LogP contribution in [-0.2, 0) is 6.54 Å². The normalized spacial score (nSPS) is 13.4. The summed E-state index contributed by atoms with van der Waals surface area (Å²) in [6.45, 7) is 7.11. The Balaban J connectivity index is 2.59. The van der Waals surface area contributed by atoms with Gasteiger partial charge in [0.25, 0.3) is 6.43 Å². The van der Waals surface area contributed by atoms with Crippen molar-refractivity contribution >= 4 is 0 Å². The van der Waals surface area contributed by atoms with Gasteiger partial charge in [0, 0.05) is 18.2 Å². The van der Waals surface area contributed by atoms with E-state index in [0.29, 0.717) is 18.5 Å². The molecular weight excluding hydrogens is 220 g/mol. The minimum absolute atomic E-state index is 0.0990. The van der Waals surface area contributed by atoms with Crippen LogP contribution in [0.3, 0.4) is 0 Å². The maximum Gasteiger partial charge on any atom is 0.263 e. The zero-order valence-corrected chi connectivity index (χ0v) is 10.7. The summed E-state index contributed by atoms with van der Waals surface area (Å²) >= 11 is 0. The van der Waals surface area contributed by atoms with Gasteiger partial charge in [-0.25, -0.2) is 8.78 Å². The van der Waals surface area contributed by atoms with Crippen LogP contribution in [0.1, 0.15) is 44.7 Å². The summed E-state index contributed by atoms with van der Waals surface area (Å²) < 4.78 is 25.0. The highest BCUT2D eigenvalue weighted by molar-refractivity contribution is 5.24. The predicted molar refractivity (Wildman–Crippen MR) is 67.2 cm³/mol. The summed E-state index contributed by atoms with van der Waals surface area (Å²) in [4.78, 5) is 0. The maximum atomic E-state index is 12.5. The Morgan fingerprint density at radius 3 is 2.47 bits per heavy atom. The molecular formula is C14H21F2N. The number of halogens is 2. The molecule has 0 heterocycles.